The fraction of sp³-hybridized carbons (Fsp3) is 0.231. The van der Waals surface area contributed by atoms with Crippen molar-refractivity contribution in [1.29, 1.82) is 0 Å². The van der Waals surface area contributed by atoms with E-state index in [4.69, 9.17) is 0 Å². The van der Waals surface area contributed by atoms with Crippen molar-refractivity contribution in [2.45, 2.75) is 25.2 Å². The number of benzene rings is 2. The molecule has 35 heavy (non-hydrogen) atoms. The molecule has 0 saturated carbocycles. The van der Waals surface area contributed by atoms with Gasteiger partial charge in [-0.15, -0.1) is 0 Å². The van der Waals surface area contributed by atoms with E-state index in [-0.39, 0.29) is 17.0 Å². The van der Waals surface area contributed by atoms with Crippen molar-refractivity contribution in [2.24, 2.45) is 0 Å². The predicted molar refractivity (Wildman–Crippen MR) is 139 cm³/mol. The maximum Gasteiger partial charge on any atom is 0.276 e. The minimum Gasteiger partial charge on any atom is -0.378 e. The van der Waals surface area contributed by atoms with Crippen molar-refractivity contribution in [1.82, 2.24) is 14.8 Å². The van der Waals surface area contributed by atoms with Crippen LogP contribution < -0.4 is 14.8 Å². The first-order valence-corrected chi connectivity index (χ1v) is 12.8. The Balaban J connectivity index is 1.61. The van der Waals surface area contributed by atoms with Gasteiger partial charge in [-0.1, -0.05) is 30.3 Å². The average Bonchev–Trinajstić information content (AvgIpc) is 3.14. The maximum atomic E-state index is 13.2. The van der Waals surface area contributed by atoms with Crippen LogP contribution in [0.2, 0.25) is 0 Å². The van der Waals surface area contributed by atoms with Gasteiger partial charge in [0.2, 0.25) is 0 Å². The van der Waals surface area contributed by atoms with Gasteiger partial charge >= 0.3 is 0 Å². The summed E-state index contributed by atoms with van der Waals surface area (Å²) in [6.07, 6.45) is 1.77. The zero-order valence-corrected chi connectivity index (χ0v) is 21.1. The van der Waals surface area contributed by atoms with Gasteiger partial charge in [0.1, 0.15) is 4.90 Å². The van der Waals surface area contributed by atoms with Crippen LogP contribution in [0.5, 0.6) is 0 Å². The summed E-state index contributed by atoms with van der Waals surface area (Å²) in [6, 6.07) is 20.0. The van der Waals surface area contributed by atoms with E-state index in [9.17, 15) is 13.2 Å². The molecule has 0 amide bonds. The number of aromatic amines is 1. The van der Waals surface area contributed by atoms with E-state index in [1.54, 1.807) is 37.3 Å². The lowest BCUT2D eigenvalue weighted by atomic mass is 10.1. The fourth-order valence-corrected chi connectivity index (χ4v) is 5.36. The van der Waals surface area contributed by atoms with Gasteiger partial charge in [-0.3, -0.25) is 14.2 Å². The average molecular weight is 492 g/mol. The lowest BCUT2D eigenvalue weighted by Crippen LogP contribution is -2.30. The number of aromatic nitrogens is 3. The smallest absolute Gasteiger partial charge is 0.276 e. The Hall–Kier alpha value is -3.85. The molecule has 1 N–H and O–H groups in total. The molecule has 4 aromatic rings. The number of nitrogens with zero attached hydrogens (tertiary/aromatic N) is 4. The van der Waals surface area contributed by atoms with Crippen LogP contribution in [0, 0.1) is 6.92 Å². The van der Waals surface area contributed by atoms with Crippen molar-refractivity contribution in [3.05, 3.63) is 100 Å². The lowest BCUT2D eigenvalue weighted by Gasteiger charge is -2.22. The van der Waals surface area contributed by atoms with E-state index in [0.29, 0.717) is 23.5 Å². The molecular weight excluding hydrogens is 462 g/mol. The summed E-state index contributed by atoms with van der Waals surface area (Å²) in [5.41, 5.74) is 3.87. The highest BCUT2D eigenvalue weighted by Crippen LogP contribution is 2.23. The van der Waals surface area contributed by atoms with Gasteiger partial charge in [-0.25, -0.2) is 18.1 Å². The summed E-state index contributed by atoms with van der Waals surface area (Å²) in [5, 5.41) is 3.07. The summed E-state index contributed by atoms with van der Waals surface area (Å²) >= 11 is 0. The molecular formula is C26H29N5O3S. The van der Waals surface area contributed by atoms with Gasteiger partial charge in [0.25, 0.3) is 15.6 Å². The molecule has 4 rings (SSSR count). The van der Waals surface area contributed by atoms with Crippen LogP contribution in [0.1, 0.15) is 23.7 Å². The van der Waals surface area contributed by atoms with E-state index in [2.05, 4.69) is 10.1 Å². The molecule has 2 aromatic carbocycles. The van der Waals surface area contributed by atoms with Crippen LogP contribution in [0.15, 0.2) is 82.6 Å². The van der Waals surface area contributed by atoms with E-state index >= 15 is 0 Å². The molecule has 182 valence electrons. The molecule has 0 atom stereocenters. The SMILES string of the molecule is CCN(c1ccccc1)S(=O)(=O)c1ccc(-n2[nH]c(C)c(Cc3ccc(N(C)C)cc3)c2=O)nc1. The topological polar surface area (TPSA) is 91.3 Å². The second-order valence-electron chi connectivity index (χ2n) is 8.45. The van der Waals surface area contributed by atoms with E-state index in [1.807, 2.05) is 56.3 Å². The predicted octanol–water partition coefficient (Wildman–Crippen LogP) is 3.74. The molecule has 0 spiro atoms. The first kappa shape index (κ1) is 24.3. The highest BCUT2D eigenvalue weighted by Gasteiger charge is 2.24. The van der Waals surface area contributed by atoms with Gasteiger partial charge in [-0.2, -0.15) is 0 Å². The molecule has 0 bridgehead atoms. The Morgan fingerprint density at radius 2 is 1.63 bits per heavy atom. The summed E-state index contributed by atoms with van der Waals surface area (Å²) in [6.45, 7) is 3.91. The Kier molecular flexibility index (Phi) is 6.79. The van der Waals surface area contributed by atoms with E-state index < -0.39 is 10.0 Å². The summed E-state index contributed by atoms with van der Waals surface area (Å²) < 4.78 is 29.1. The van der Waals surface area contributed by atoms with Crippen LogP contribution in [-0.4, -0.2) is 43.8 Å². The van der Waals surface area contributed by atoms with E-state index in [1.165, 1.54) is 21.3 Å². The van der Waals surface area contributed by atoms with Gasteiger partial charge < -0.3 is 4.90 Å². The van der Waals surface area contributed by atoms with Crippen molar-refractivity contribution in [3.8, 4) is 5.82 Å². The van der Waals surface area contributed by atoms with Gasteiger partial charge in [0.15, 0.2) is 5.82 Å². The molecule has 8 nitrogen and oxygen atoms in total. The number of pyridine rings is 1. The number of anilines is 2. The van der Waals surface area contributed by atoms with Crippen molar-refractivity contribution in [3.63, 3.8) is 0 Å². The Labute approximate surface area is 205 Å². The number of para-hydroxylation sites is 1. The molecule has 0 aliphatic rings. The largest absolute Gasteiger partial charge is 0.378 e. The molecule has 0 aliphatic heterocycles. The van der Waals surface area contributed by atoms with Gasteiger partial charge in [0.05, 0.1) is 5.69 Å². The zero-order chi connectivity index (χ0) is 25.2. The summed E-state index contributed by atoms with van der Waals surface area (Å²) in [7, 11) is 0.165. The van der Waals surface area contributed by atoms with E-state index in [0.717, 1.165) is 16.9 Å². The monoisotopic (exact) mass is 491 g/mol. The van der Waals surface area contributed by atoms with Crippen molar-refractivity contribution >= 4 is 21.4 Å². The number of hydrogen-bond acceptors (Lipinski definition) is 5. The molecule has 0 aliphatic carbocycles. The molecule has 0 fully saturated rings. The molecule has 2 heterocycles. The van der Waals surface area contributed by atoms with Crippen LogP contribution in [0.25, 0.3) is 5.82 Å². The Morgan fingerprint density at radius 1 is 0.943 bits per heavy atom. The fourth-order valence-electron chi connectivity index (χ4n) is 3.94. The van der Waals surface area contributed by atoms with Crippen molar-refractivity contribution in [2.75, 3.05) is 29.8 Å². The quantitative estimate of drug-likeness (QED) is 0.405. The lowest BCUT2D eigenvalue weighted by molar-refractivity contribution is 0.591. The van der Waals surface area contributed by atoms with Gasteiger partial charge in [0, 0.05) is 50.2 Å². The summed E-state index contributed by atoms with van der Waals surface area (Å²) in [5.74, 6) is 0.328. The third-order valence-corrected chi connectivity index (χ3v) is 7.78. The second kappa shape index (κ2) is 9.79. The Morgan fingerprint density at radius 3 is 2.20 bits per heavy atom. The van der Waals surface area contributed by atoms with Crippen LogP contribution in [0.4, 0.5) is 11.4 Å². The minimum absolute atomic E-state index is 0.0597. The molecule has 0 saturated heterocycles. The first-order chi connectivity index (χ1) is 16.7. The van der Waals surface area contributed by atoms with Crippen molar-refractivity contribution < 1.29 is 8.42 Å². The number of rotatable bonds is 8. The summed E-state index contributed by atoms with van der Waals surface area (Å²) in [4.78, 5) is 19.5. The molecule has 9 heteroatoms. The number of nitrogens with one attached hydrogen (secondary N) is 1. The molecule has 0 radical (unpaired) electrons. The third kappa shape index (κ3) is 4.85. The first-order valence-electron chi connectivity index (χ1n) is 11.3. The Bertz CT molecular complexity index is 1460. The number of sulfonamides is 1. The molecule has 2 aromatic heterocycles. The minimum atomic E-state index is -3.80. The second-order valence-corrected chi connectivity index (χ2v) is 10.3. The number of H-pyrrole nitrogens is 1. The molecule has 0 unspecified atom stereocenters. The van der Waals surface area contributed by atoms with Gasteiger partial charge in [-0.05, 0) is 55.8 Å². The standard InChI is InChI=1S/C26H29N5O3S/c1-5-30(22-9-7-6-8-10-22)35(33,34)23-15-16-25(27-18-23)31-26(32)24(19(2)28-31)17-20-11-13-21(14-12-20)29(3)4/h6-16,18,28H,5,17H2,1-4H3. The van der Waals surface area contributed by atoms with Crippen LogP contribution in [-0.2, 0) is 16.4 Å². The number of aryl methyl sites for hydroxylation is 1. The normalized spacial score (nSPS) is 11.4. The third-order valence-electron chi connectivity index (χ3n) is 5.90. The zero-order valence-electron chi connectivity index (χ0n) is 20.3. The highest BCUT2D eigenvalue weighted by atomic mass is 32.2. The highest BCUT2D eigenvalue weighted by molar-refractivity contribution is 7.92. The van der Waals surface area contributed by atoms with Crippen LogP contribution >= 0.6 is 0 Å². The maximum absolute atomic E-state index is 13.2. The van der Waals surface area contributed by atoms with Crippen LogP contribution in [0.3, 0.4) is 0 Å². The number of hydrogen-bond donors (Lipinski definition) is 1.